The van der Waals surface area contributed by atoms with E-state index in [0.717, 1.165) is 22.6 Å². The molecule has 32 heavy (non-hydrogen) atoms. The van der Waals surface area contributed by atoms with Crippen molar-refractivity contribution in [3.8, 4) is 11.1 Å². The first-order valence-electron chi connectivity index (χ1n) is 10.0. The second-order valence-corrected chi connectivity index (χ2v) is 7.94. The Morgan fingerprint density at radius 1 is 1.19 bits per heavy atom. The van der Waals surface area contributed by atoms with Crippen LogP contribution in [0.1, 0.15) is 10.5 Å². The maximum Gasteiger partial charge on any atom is 0.414 e. The van der Waals surface area contributed by atoms with Gasteiger partial charge in [0.05, 0.1) is 18.1 Å². The molecule has 9 heteroatoms. The summed E-state index contributed by atoms with van der Waals surface area (Å²) in [6.45, 7) is 0.522. The van der Waals surface area contributed by atoms with E-state index in [1.807, 2.05) is 55.4 Å². The lowest BCUT2D eigenvalue weighted by atomic mass is 10.1. The average Bonchev–Trinajstić information content (AvgIpc) is 3.18. The average molecular weight is 452 g/mol. The van der Waals surface area contributed by atoms with Crippen LogP contribution in [0.2, 0.25) is 5.02 Å². The summed E-state index contributed by atoms with van der Waals surface area (Å²) in [6.07, 6.45) is 2.26. The first kappa shape index (κ1) is 21.6. The van der Waals surface area contributed by atoms with Crippen molar-refractivity contribution in [3.05, 3.63) is 71.6 Å². The molecule has 1 fully saturated rings. The standard InChI is InChI=1S/C23H22ClN5O3/c1-28(2)21-19(4-3-11-25-21)15-5-8-17(9-6-15)29-14-18(32-23(29)31)13-27-22(30)20-10-7-16(24)12-26-20/h3-12,18H,13-14H2,1-2H3,(H,27,30)/t18-/m0/s1. The third kappa shape index (κ3) is 4.65. The van der Waals surface area contributed by atoms with Crippen molar-refractivity contribution in [2.24, 2.45) is 0 Å². The van der Waals surface area contributed by atoms with E-state index in [4.69, 9.17) is 16.3 Å². The quantitative estimate of drug-likeness (QED) is 0.616. The van der Waals surface area contributed by atoms with Gasteiger partial charge in [-0.2, -0.15) is 0 Å². The Kier molecular flexibility index (Phi) is 6.23. The summed E-state index contributed by atoms with van der Waals surface area (Å²) < 4.78 is 5.41. The van der Waals surface area contributed by atoms with Crippen molar-refractivity contribution in [3.63, 3.8) is 0 Å². The van der Waals surface area contributed by atoms with Gasteiger partial charge in [0.25, 0.3) is 5.91 Å². The number of cyclic esters (lactones) is 1. The molecule has 164 valence electrons. The molecule has 3 aromatic rings. The summed E-state index contributed by atoms with van der Waals surface area (Å²) >= 11 is 5.79. The fourth-order valence-electron chi connectivity index (χ4n) is 3.45. The number of carbonyl (C=O) groups excluding carboxylic acids is 2. The number of amides is 2. The van der Waals surface area contributed by atoms with E-state index in [1.165, 1.54) is 12.3 Å². The number of hydrogen-bond donors (Lipinski definition) is 1. The van der Waals surface area contributed by atoms with Crippen LogP contribution in [0.15, 0.2) is 60.9 Å². The molecule has 8 nitrogen and oxygen atoms in total. The minimum atomic E-state index is -0.461. The van der Waals surface area contributed by atoms with Crippen LogP contribution in [0, 0.1) is 0 Å². The maximum atomic E-state index is 12.4. The van der Waals surface area contributed by atoms with Gasteiger partial charge in [0.15, 0.2) is 0 Å². The normalized spacial score (nSPS) is 15.4. The van der Waals surface area contributed by atoms with Gasteiger partial charge in [0.2, 0.25) is 0 Å². The molecule has 0 aliphatic carbocycles. The van der Waals surface area contributed by atoms with Gasteiger partial charge in [-0.3, -0.25) is 9.69 Å². The SMILES string of the molecule is CN(C)c1ncccc1-c1ccc(N2C[C@H](CNC(=O)c3ccc(Cl)cn3)OC2=O)cc1. The van der Waals surface area contributed by atoms with Crippen molar-refractivity contribution in [2.75, 3.05) is 37.0 Å². The molecule has 2 aromatic heterocycles. The summed E-state index contributed by atoms with van der Waals surface area (Å²) in [5.41, 5.74) is 2.97. The largest absolute Gasteiger partial charge is 0.442 e. The Balaban J connectivity index is 1.40. The lowest BCUT2D eigenvalue weighted by Crippen LogP contribution is -2.35. The van der Waals surface area contributed by atoms with Gasteiger partial charge in [0.1, 0.15) is 17.6 Å². The van der Waals surface area contributed by atoms with Crippen molar-refractivity contribution in [2.45, 2.75) is 6.10 Å². The van der Waals surface area contributed by atoms with Crippen LogP contribution in [0.25, 0.3) is 11.1 Å². The van der Waals surface area contributed by atoms with Gasteiger partial charge >= 0.3 is 6.09 Å². The van der Waals surface area contributed by atoms with E-state index in [0.29, 0.717) is 11.6 Å². The molecule has 2 amide bonds. The second-order valence-electron chi connectivity index (χ2n) is 7.50. The predicted octanol–water partition coefficient (Wildman–Crippen LogP) is 3.62. The first-order chi connectivity index (χ1) is 15.4. The second kappa shape index (κ2) is 9.23. The Bertz CT molecular complexity index is 1120. The third-order valence-electron chi connectivity index (χ3n) is 5.02. The maximum absolute atomic E-state index is 12.4. The number of ether oxygens (including phenoxy) is 1. The summed E-state index contributed by atoms with van der Waals surface area (Å²) in [5, 5.41) is 3.19. The molecule has 1 atom stereocenters. The van der Waals surface area contributed by atoms with Crippen LogP contribution in [0.5, 0.6) is 0 Å². The molecular weight excluding hydrogens is 430 g/mol. The zero-order chi connectivity index (χ0) is 22.7. The fourth-order valence-corrected chi connectivity index (χ4v) is 3.56. The number of benzene rings is 1. The van der Waals surface area contributed by atoms with E-state index in [9.17, 15) is 9.59 Å². The van der Waals surface area contributed by atoms with E-state index >= 15 is 0 Å². The summed E-state index contributed by atoms with van der Waals surface area (Å²) in [4.78, 5) is 36.5. The summed E-state index contributed by atoms with van der Waals surface area (Å²) in [7, 11) is 3.89. The Hall–Kier alpha value is -3.65. The molecule has 4 rings (SSSR count). The number of carbonyl (C=O) groups is 2. The highest BCUT2D eigenvalue weighted by atomic mass is 35.5. The molecule has 0 radical (unpaired) electrons. The van der Waals surface area contributed by atoms with Crippen LogP contribution in [0.4, 0.5) is 16.3 Å². The number of nitrogens with one attached hydrogen (secondary N) is 1. The molecule has 3 heterocycles. The van der Waals surface area contributed by atoms with Gasteiger partial charge in [-0.25, -0.2) is 14.8 Å². The van der Waals surface area contributed by atoms with E-state index in [-0.39, 0.29) is 18.1 Å². The van der Waals surface area contributed by atoms with Crippen LogP contribution in [-0.2, 0) is 4.74 Å². The first-order valence-corrected chi connectivity index (χ1v) is 10.4. The van der Waals surface area contributed by atoms with Gasteiger partial charge in [-0.15, -0.1) is 0 Å². The predicted molar refractivity (Wildman–Crippen MR) is 123 cm³/mol. The minimum Gasteiger partial charge on any atom is -0.442 e. The lowest BCUT2D eigenvalue weighted by Gasteiger charge is -2.17. The highest BCUT2D eigenvalue weighted by Crippen LogP contribution is 2.30. The number of halogens is 1. The number of nitrogens with zero attached hydrogens (tertiary/aromatic N) is 4. The molecule has 0 unspecified atom stereocenters. The molecule has 1 N–H and O–H groups in total. The number of rotatable bonds is 6. The van der Waals surface area contributed by atoms with Crippen molar-refractivity contribution >= 4 is 35.1 Å². The van der Waals surface area contributed by atoms with Gasteiger partial charge in [-0.05, 0) is 42.0 Å². The van der Waals surface area contributed by atoms with Crippen LogP contribution < -0.4 is 15.1 Å². The van der Waals surface area contributed by atoms with Crippen molar-refractivity contribution < 1.29 is 14.3 Å². The summed E-state index contributed by atoms with van der Waals surface area (Å²) in [6, 6.07) is 14.7. The Morgan fingerprint density at radius 3 is 2.66 bits per heavy atom. The third-order valence-corrected chi connectivity index (χ3v) is 5.25. The lowest BCUT2D eigenvalue weighted by molar-refractivity contribution is 0.0911. The van der Waals surface area contributed by atoms with Crippen LogP contribution in [-0.4, -0.2) is 55.3 Å². The zero-order valence-corrected chi connectivity index (χ0v) is 18.4. The molecular formula is C23H22ClN5O3. The minimum absolute atomic E-state index is 0.186. The topological polar surface area (TPSA) is 87.7 Å². The summed E-state index contributed by atoms with van der Waals surface area (Å²) in [5.74, 6) is 0.514. The van der Waals surface area contributed by atoms with Crippen LogP contribution >= 0.6 is 11.6 Å². The number of hydrogen-bond acceptors (Lipinski definition) is 6. The highest BCUT2D eigenvalue weighted by Gasteiger charge is 2.32. The van der Waals surface area contributed by atoms with Gasteiger partial charge < -0.3 is 15.0 Å². The number of aromatic nitrogens is 2. The fraction of sp³-hybridized carbons (Fsp3) is 0.217. The molecule has 1 aromatic carbocycles. The highest BCUT2D eigenvalue weighted by molar-refractivity contribution is 6.30. The van der Waals surface area contributed by atoms with E-state index < -0.39 is 12.2 Å². The Labute approximate surface area is 190 Å². The molecule has 0 saturated carbocycles. The van der Waals surface area contributed by atoms with Crippen molar-refractivity contribution in [1.82, 2.24) is 15.3 Å². The zero-order valence-electron chi connectivity index (χ0n) is 17.7. The molecule has 0 spiro atoms. The van der Waals surface area contributed by atoms with Gasteiger partial charge in [-0.1, -0.05) is 23.7 Å². The monoisotopic (exact) mass is 451 g/mol. The molecule has 1 aliphatic heterocycles. The molecule has 1 saturated heterocycles. The smallest absolute Gasteiger partial charge is 0.414 e. The van der Waals surface area contributed by atoms with Gasteiger partial charge in [0, 0.05) is 37.7 Å². The Morgan fingerprint density at radius 2 is 1.97 bits per heavy atom. The van der Waals surface area contributed by atoms with E-state index in [1.54, 1.807) is 17.2 Å². The number of pyridine rings is 2. The molecule has 1 aliphatic rings. The van der Waals surface area contributed by atoms with Crippen molar-refractivity contribution in [1.29, 1.82) is 0 Å². The van der Waals surface area contributed by atoms with Crippen LogP contribution in [0.3, 0.4) is 0 Å². The number of anilines is 2. The molecule has 0 bridgehead atoms. The van der Waals surface area contributed by atoms with E-state index in [2.05, 4.69) is 15.3 Å².